The van der Waals surface area contributed by atoms with Gasteiger partial charge in [0.2, 0.25) is 0 Å². The summed E-state index contributed by atoms with van der Waals surface area (Å²) < 4.78 is 4.52. The molecule has 1 rings (SSSR count). The van der Waals surface area contributed by atoms with Crippen molar-refractivity contribution in [2.24, 2.45) is 0 Å². The van der Waals surface area contributed by atoms with E-state index in [1.54, 1.807) is 0 Å². The number of hydrogen-bond donors (Lipinski definition) is 2. The molecule has 0 aromatic heterocycles. The van der Waals surface area contributed by atoms with Crippen LogP contribution >= 0.6 is 0 Å². The van der Waals surface area contributed by atoms with Gasteiger partial charge >= 0.3 is 5.97 Å². The molecule has 0 spiro atoms. The number of anilines is 1. The average molecular weight is 208 g/mol. The van der Waals surface area contributed by atoms with E-state index in [9.17, 15) is 9.59 Å². The Morgan fingerprint density at radius 3 is 2.53 bits per heavy atom. The fourth-order valence-electron chi connectivity index (χ4n) is 1.14. The zero-order valence-electron chi connectivity index (χ0n) is 8.53. The topological polar surface area (TPSA) is 81.4 Å². The first-order valence-electron chi connectivity index (χ1n) is 4.30. The molecule has 0 bridgehead atoms. The lowest BCUT2D eigenvalue weighted by molar-refractivity contribution is 0.0601. The minimum Gasteiger partial charge on any atom is -0.465 e. The molecular weight excluding hydrogens is 196 g/mol. The Hall–Kier alpha value is -2.04. The van der Waals surface area contributed by atoms with Crippen LogP contribution in [0.15, 0.2) is 18.2 Å². The number of esters is 1. The molecule has 0 aliphatic rings. The Kier molecular flexibility index (Phi) is 3.28. The second-order valence-corrected chi connectivity index (χ2v) is 2.87. The second kappa shape index (κ2) is 4.45. The average Bonchev–Trinajstić information content (AvgIpc) is 2.26. The van der Waals surface area contributed by atoms with Crippen molar-refractivity contribution in [3.63, 3.8) is 0 Å². The number of hydrogen-bond acceptors (Lipinski definition) is 4. The quantitative estimate of drug-likeness (QED) is 0.545. The number of rotatable bonds is 2. The van der Waals surface area contributed by atoms with E-state index in [4.69, 9.17) is 5.73 Å². The van der Waals surface area contributed by atoms with Crippen LogP contribution in [0.5, 0.6) is 0 Å². The maximum Gasteiger partial charge on any atom is 0.339 e. The van der Waals surface area contributed by atoms with Crippen LogP contribution < -0.4 is 11.1 Å². The van der Waals surface area contributed by atoms with Crippen LogP contribution in [0.25, 0.3) is 0 Å². The van der Waals surface area contributed by atoms with Crippen molar-refractivity contribution in [1.29, 1.82) is 0 Å². The highest BCUT2D eigenvalue weighted by Gasteiger charge is 2.12. The molecule has 0 saturated heterocycles. The third-order valence-electron chi connectivity index (χ3n) is 1.95. The molecule has 5 nitrogen and oxygen atoms in total. The van der Waals surface area contributed by atoms with Gasteiger partial charge in [-0.3, -0.25) is 4.79 Å². The van der Waals surface area contributed by atoms with E-state index < -0.39 is 5.97 Å². The maximum atomic E-state index is 11.2. The van der Waals surface area contributed by atoms with Gasteiger partial charge in [0.05, 0.1) is 12.7 Å². The van der Waals surface area contributed by atoms with Crippen LogP contribution in [-0.2, 0) is 4.74 Å². The Bertz CT molecular complexity index is 402. The summed E-state index contributed by atoms with van der Waals surface area (Å²) in [5.74, 6) is -0.769. The van der Waals surface area contributed by atoms with Crippen LogP contribution in [0, 0.1) is 0 Å². The number of nitrogen functional groups attached to an aromatic ring is 1. The zero-order valence-corrected chi connectivity index (χ0v) is 8.53. The molecule has 80 valence electrons. The standard InChI is InChI=1S/C10H12N2O3/c1-12-9(13)6-3-4-7(8(11)5-6)10(14)15-2/h3-5H,11H2,1-2H3,(H,12,13). The van der Waals surface area contributed by atoms with Gasteiger partial charge in [-0.25, -0.2) is 4.79 Å². The lowest BCUT2D eigenvalue weighted by atomic mass is 10.1. The lowest BCUT2D eigenvalue weighted by Crippen LogP contribution is -2.18. The predicted molar refractivity (Wildman–Crippen MR) is 55.6 cm³/mol. The van der Waals surface area contributed by atoms with E-state index in [-0.39, 0.29) is 17.2 Å². The number of nitrogens with one attached hydrogen (secondary N) is 1. The molecule has 0 atom stereocenters. The molecular formula is C10H12N2O3. The van der Waals surface area contributed by atoms with Crippen molar-refractivity contribution in [3.05, 3.63) is 29.3 Å². The van der Waals surface area contributed by atoms with E-state index in [1.165, 1.54) is 32.4 Å². The van der Waals surface area contributed by atoms with Crippen LogP contribution in [0.4, 0.5) is 5.69 Å². The van der Waals surface area contributed by atoms with Gasteiger partial charge in [-0.1, -0.05) is 0 Å². The first-order chi connectivity index (χ1) is 7.10. The Morgan fingerprint density at radius 1 is 1.40 bits per heavy atom. The van der Waals surface area contributed by atoms with E-state index >= 15 is 0 Å². The van der Waals surface area contributed by atoms with Crippen molar-refractivity contribution in [2.45, 2.75) is 0 Å². The van der Waals surface area contributed by atoms with Gasteiger partial charge in [-0.2, -0.15) is 0 Å². The van der Waals surface area contributed by atoms with Crippen molar-refractivity contribution in [3.8, 4) is 0 Å². The van der Waals surface area contributed by atoms with Crippen molar-refractivity contribution >= 4 is 17.6 Å². The van der Waals surface area contributed by atoms with Gasteiger partial charge < -0.3 is 15.8 Å². The molecule has 0 aliphatic heterocycles. The molecule has 0 unspecified atom stereocenters. The molecule has 15 heavy (non-hydrogen) atoms. The Morgan fingerprint density at radius 2 is 2.07 bits per heavy atom. The van der Waals surface area contributed by atoms with E-state index in [0.29, 0.717) is 5.56 Å². The highest BCUT2D eigenvalue weighted by Crippen LogP contribution is 2.15. The highest BCUT2D eigenvalue weighted by molar-refractivity contribution is 5.99. The van der Waals surface area contributed by atoms with Gasteiger partial charge in [0.25, 0.3) is 5.91 Å². The normalized spacial score (nSPS) is 9.47. The number of benzene rings is 1. The Balaban J connectivity index is 3.08. The molecule has 5 heteroatoms. The summed E-state index contributed by atoms with van der Waals surface area (Å²) in [5.41, 5.74) is 6.49. The SMILES string of the molecule is CNC(=O)c1ccc(C(=O)OC)c(N)c1. The van der Waals surface area contributed by atoms with E-state index in [0.717, 1.165) is 0 Å². The zero-order chi connectivity index (χ0) is 11.4. The lowest BCUT2D eigenvalue weighted by Gasteiger charge is -2.05. The van der Waals surface area contributed by atoms with Crippen molar-refractivity contribution < 1.29 is 14.3 Å². The smallest absolute Gasteiger partial charge is 0.339 e. The molecule has 1 amide bonds. The molecule has 3 N–H and O–H groups in total. The summed E-state index contributed by atoms with van der Waals surface area (Å²) in [6.45, 7) is 0. The van der Waals surface area contributed by atoms with Crippen LogP contribution in [0.1, 0.15) is 20.7 Å². The molecule has 0 fully saturated rings. The number of ether oxygens (including phenoxy) is 1. The van der Waals surface area contributed by atoms with Gasteiger partial charge in [-0.05, 0) is 18.2 Å². The van der Waals surface area contributed by atoms with Crippen LogP contribution in [-0.4, -0.2) is 26.0 Å². The molecule has 1 aromatic rings. The van der Waals surface area contributed by atoms with Crippen molar-refractivity contribution in [1.82, 2.24) is 5.32 Å². The summed E-state index contributed by atoms with van der Waals surface area (Å²) in [4.78, 5) is 22.4. The minimum atomic E-state index is -0.518. The molecule has 1 aromatic carbocycles. The maximum absolute atomic E-state index is 11.2. The summed E-state index contributed by atoms with van der Waals surface area (Å²) in [6, 6.07) is 4.41. The molecule has 0 radical (unpaired) electrons. The molecule has 0 saturated carbocycles. The minimum absolute atomic E-state index is 0.225. The summed E-state index contributed by atoms with van der Waals surface area (Å²) in [5, 5.41) is 2.46. The predicted octanol–water partition coefficient (Wildman–Crippen LogP) is 0.415. The van der Waals surface area contributed by atoms with E-state index in [1.807, 2.05) is 0 Å². The van der Waals surface area contributed by atoms with Gasteiger partial charge in [0.1, 0.15) is 0 Å². The Labute approximate surface area is 87.2 Å². The monoisotopic (exact) mass is 208 g/mol. The van der Waals surface area contributed by atoms with Gasteiger partial charge in [0, 0.05) is 18.3 Å². The van der Waals surface area contributed by atoms with Crippen LogP contribution in [0.2, 0.25) is 0 Å². The summed E-state index contributed by atoms with van der Waals surface area (Å²) in [6.07, 6.45) is 0. The number of nitrogens with two attached hydrogens (primary N) is 1. The number of methoxy groups -OCH3 is 1. The fourth-order valence-corrected chi connectivity index (χ4v) is 1.14. The second-order valence-electron chi connectivity index (χ2n) is 2.87. The number of carbonyl (C=O) groups excluding carboxylic acids is 2. The van der Waals surface area contributed by atoms with Gasteiger partial charge in [0.15, 0.2) is 0 Å². The highest BCUT2D eigenvalue weighted by atomic mass is 16.5. The number of amides is 1. The molecule has 0 heterocycles. The summed E-state index contributed by atoms with van der Waals surface area (Å²) in [7, 11) is 2.79. The third kappa shape index (κ3) is 2.25. The summed E-state index contributed by atoms with van der Waals surface area (Å²) >= 11 is 0. The first kappa shape index (κ1) is 11.0. The third-order valence-corrected chi connectivity index (χ3v) is 1.95. The fraction of sp³-hybridized carbons (Fsp3) is 0.200. The number of carbonyl (C=O) groups is 2. The first-order valence-corrected chi connectivity index (χ1v) is 4.30. The molecule has 0 aliphatic carbocycles. The van der Waals surface area contributed by atoms with Crippen LogP contribution in [0.3, 0.4) is 0 Å². The largest absolute Gasteiger partial charge is 0.465 e. The van der Waals surface area contributed by atoms with Crippen molar-refractivity contribution in [2.75, 3.05) is 19.9 Å². The van der Waals surface area contributed by atoms with Gasteiger partial charge in [-0.15, -0.1) is 0 Å². The van der Waals surface area contributed by atoms with E-state index in [2.05, 4.69) is 10.1 Å².